The van der Waals surface area contributed by atoms with Crippen molar-refractivity contribution in [3.05, 3.63) is 23.7 Å². The van der Waals surface area contributed by atoms with Gasteiger partial charge in [0.05, 0.1) is 37.4 Å². The molecule has 2 saturated heterocycles. The molecular weight excluding hydrogens is 320 g/mol. The van der Waals surface area contributed by atoms with E-state index in [1.165, 1.54) is 32.6 Å². The highest BCUT2D eigenvalue weighted by Crippen LogP contribution is 2.23. The molecule has 1 unspecified atom stereocenters. The standard InChI is InChI=1S/C18H24N4O3/c1-24-18(23)13-9-15-17(19-10-13)20-16(12-21-6-3-2-4-7-21)22(15)11-14-5-8-25-14/h9-10,14H,2-8,11-12H2,1H3. The molecule has 4 rings (SSSR count). The van der Waals surface area contributed by atoms with Crippen LogP contribution in [0.25, 0.3) is 11.2 Å². The third-order valence-corrected chi connectivity index (χ3v) is 5.10. The van der Waals surface area contributed by atoms with Crippen molar-refractivity contribution >= 4 is 17.1 Å². The van der Waals surface area contributed by atoms with E-state index in [0.717, 1.165) is 50.5 Å². The molecule has 0 radical (unpaired) electrons. The van der Waals surface area contributed by atoms with Crippen molar-refractivity contribution in [2.24, 2.45) is 0 Å². The van der Waals surface area contributed by atoms with Crippen LogP contribution in [-0.4, -0.2) is 58.3 Å². The van der Waals surface area contributed by atoms with Gasteiger partial charge in [-0.3, -0.25) is 4.90 Å². The Bertz CT molecular complexity index is 763. The van der Waals surface area contributed by atoms with Crippen LogP contribution in [0.2, 0.25) is 0 Å². The number of rotatable bonds is 5. The fourth-order valence-electron chi connectivity index (χ4n) is 3.56. The van der Waals surface area contributed by atoms with E-state index in [-0.39, 0.29) is 12.1 Å². The SMILES string of the molecule is COC(=O)c1cnc2nc(CN3CCCCC3)n(CC3CCO3)c2c1. The molecule has 2 aliphatic rings. The van der Waals surface area contributed by atoms with Gasteiger partial charge >= 0.3 is 5.97 Å². The van der Waals surface area contributed by atoms with Crippen LogP contribution >= 0.6 is 0 Å². The molecule has 0 amide bonds. The predicted octanol–water partition coefficient (Wildman–Crippen LogP) is 1.99. The van der Waals surface area contributed by atoms with Crippen LogP contribution in [0, 0.1) is 0 Å². The van der Waals surface area contributed by atoms with Crippen molar-refractivity contribution in [1.29, 1.82) is 0 Å². The summed E-state index contributed by atoms with van der Waals surface area (Å²) in [5.74, 6) is 0.626. The van der Waals surface area contributed by atoms with Gasteiger partial charge in [-0.1, -0.05) is 6.42 Å². The molecule has 0 aliphatic carbocycles. The number of hydrogen-bond acceptors (Lipinski definition) is 6. The highest BCUT2D eigenvalue weighted by molar-refractivity contribution is 5.92. The van der Waals surface area contributed by atoms with Crippen LogP contribution < -0.4 is 0 Å². The Morgan fingerprint density at radius 2 is 2.16 bits per heavy atom. The Kier molecular flexibility index (Phi) is 4.67. The topological polar surface area (TPSA) is 69.5 Å². The normalized spacial score (nSPS) is 21.2. The number of nitrogens with zero attached hydrogens (tertiary/aromatic N) is 4. The number of piperidine rings is 1. The molecule has 134 valence electrons. The smallest absolute Gasteiger partial charge is 0.339 e. The third kappa shape index (κ3) is 3.39. The summed E-state index contributed by atoms with van der Waals surface area (Å²) in [5, 5.41) is 0. The van der Waals surface area contributed by atoms with Crippen LogP contribution in [0.15, 0.2) is 12.3 Å². The zero-order valence-electron chi connectivity index (χ0n) is 14.6. The van der Waals surface area contributed by atoms with Crippen molar-refractivity contribution in [3.63, 3.8) is 0 Å². The van der Waals surface area contributed by atoms with Crippen LogP contribution in [0.4, 0.5) is 0 Å². The molecule has 7 heteroatoms. The van der Waals surface area contributed by atoms with Crippen LogP contribution in [0.1, 0.15) is 41.9 Å². The fraction of sp³-hybridized carbons (Fsp3) is 0.611. The summed E-state index contributed by atoms with van der Waals surface area (Å²) >= 11 is 0. The Balaban J connectivity index is 1.69. The largest absolute Gasteiger partial charge is 0.465 e. The van der Waals surface area contributed by atoms with Gasteiger partial charge in [-0.2, -0.15) is 0 Å². The van der Waals surface area contributed by atoms with Crippen molar-refractivity contribution in [2.75, 3.05) is 26.8 Å². The molecule has 2 aromatic rings. The molecule has 0 spiro atoms. The molecule has 25 heavy (non-hydrogen) atoms. The molecule has 2 aromatic heterocycles. The summed E-state index contributed by atoms with van der Waals surface area (Å²) in [6, 6.07) is 1.83. The fourth-order valence-corrected chi connectivity index (χ4v) is 3.56. The molecule has 0 saturated carbocycles. The van der Waals surface area contributed by atoms with E-state index in [2.05, 4.69) is 14.5 Å². The van der Waals surface area contributed by atoms with Crippen LogP contribution in [-0.2, 0) is 22.6 Å². The molecule has 0 N–H and O–H groups in total. The lowest BCUT2D eigenvalue weighted by molar-refractivity contribution is -0.0592. The maximum atomic E-state index is 11.9. The van der Waals surface area contributed by atoms with Gasteiger partial charge in [-0.05, 0) is 38.4 Å². The molecule has 0 aromatic carbocycles. The Hall–Kier alpha value is -1.99. The average molecular weight is 344 g/mol. The average Bonchev–Trinajstić information content (AvgIpc) is 2.94. The molecule has 1 atom stereocenters. The van der Waals surface area contributed by atoms with Gasteiger partial charge in [0.25, 0.3) is 0 Å². The lowest BCUT2D eigenvalue weighted by Gasteiger charge is -2.29. The second kappa shape index (κ2) is 7.09. The van der Waals surface area contributed by atoms with Crippen molar-refractivity contribution in [1.82, 2.24) is 19.4 Å². The van der Waals surface area contributed by atoms with E-state index in [0.29, 0.717) is 11.2 Å². The summed E-state index contributed by atoms with van der Waals surface area (Å²) in [5.41, 5.74) is 2.01. The first-order valence-corrected chi connectivity index (χ1v) is 9.02. The number of carbonyl (C=O) groups is 1. The lowest BCUT2D eigenvalue weighted by atomic mass is 10.1. The molecule has 7 nitrogen and oxygen atoms in total. The minimum Gasteiger partial charge on any atom is -0.465 e. The second-order valence-corrected chi connectivity index (χ2v) is 6.82. The van der Waals surface area contributed by atoms with Gasteiger partial charge in [-0.25, -0.2) is 14.8 Å². The van der Waals surface area contributed by atoms with Gasteiger partial charge < -0.3 is 14.0 Å². The number of imidazole rings is 1. The monoisotopic (exact) mass is 344 g/mol. The highest BCUT2D eigenvalue weighted by Gasteiger charge is 2.24. The minimum atomic E-state index is -0.375. The Morgan fingerprint density at radius 1 is 1.36 bits per heavy atom. The van der Waals surface area contributed by atoms with Crippen molar-refractivity contribution < 1.29 is 14.3 Å². The van der Waals surface area contributed by atoms with Gasteiger partial charge in [0.2, 0.25) is 0 Å². The molecular formula is C18H24N4O3. The summed E-state index contributed by atoms with van der Waals surface area (Å²) in [6.07, 6.45) is 6.63. The van der Waals surface area contributed by atoms with Gasteiger partial charge in [0.15, 0.2) is 5.65 Å². The number of methoxy groups -OCH3 is 1. The summed E-state index contributed by atoms with van der Waals surface area (Å²) in [4.78, 5) is 23.4. The molecule has 4 heterocycles. The molecule has 2 aliphatic heterocycles. The predicted molar refractivity (Wildman–Crippen MR) is 92.4 cm³/mol. The van der Waals surface area contributed by atoms with Gasteiger partial charge in [0, 0.05) is 12.8 Å². The van der Waals surface area contributed by atoms with Gasteiger partial charge in [-0.15, -0.1) is 0 Å². The number of pyridine rings is 1. The van der Waals surface area contributed by atoms with Crippen molar-refractivity contribution in [2.45, 2.75) is 44.9 Å². The summed E-state index contributed by atoms with van der Waals surface area (Å²) in [6.45, 7) is 4.63. The number of carbonyl (C=O) groups excluding carboxylic acids is 1. The Labute approximate surface area is 146 Å². The quantitative estimate of drug-likeness (QED) is 0.773. The van der Waals surface area contributed by atoms with Gasteiger partial charge in [0.1, 0.15) is 5.82 Å². The van der Waals surface area contributed by atoms with E-state index < -0.39 is 0 Å². The van der Waals surface area contributed by atoms with Crippen molar-refractivity contribution in [3.8, 4) is 0 Å². The van der Waals surface area contributed by atoms with Crippen LogP contribution in [0.5, 0.6) is 0 Å². The number of fused-ring (bicyclic) bond motifs is 1. The number of ether oxygens (including phenoxy) is 2. The first-order chi connectivity index (χ1) is 12.2. The molecule has 0 bridgehead atoms. The first kappa shape index (κ1) is 16.5. The van der Waals surface area contributed by atoms with E-state index in [1.54, 1.807) is 0 Å². The molecule has 2 fully saturated rings. The second-order valence-electron chi connectivity index (χ2n) is 6.82. The first-order valence-electron chi connectivity index (χ1n) is 9.02. The zero-order valence-corrected chi connectivity index (χ0v) is 14.6. The maximum Gasteiger partial charge on any atom is 0.339 e. The summed E-state index contributed by atoms with van der Waals surface area (Å²) in [7, 11) is 1.38. The lowest BCUT2D eigenvalue weighted by Crippen LogP contribution is -2.34. The Morgan fingerprint density at radius 3 is 2.84 bits per heavy atom. The number of esters is 1. The van der Waals surface area contributed by atoms with E-state index in [4.69, 9.17) is 14.5 Å². The van der Waals surface area contributed by atoms with E-state index >= 15 is 0 Å². The van der Waals surface area contributed by atoms with E-state index in [1.807, 2.05) is 6.07 Å². The number of hydrogen-bond donors (Lipinski definition) is 0. The van der Waals surface area contributed by atoms with Crippen LogP contribution in [0.3, 0.4) is 0 Å². The minimum absolute atomic E-state index is 0.222. The third-order valence-electron chi connectivity index (χ3n) is 5.10. The number of aromatic nitrogens is 3. The zero-order chi connectivity index (χ0) is 17.2. The number of likely N-dealkylation sites (tertiary alicyclic amines) is 1. The van der Waals surface area contributed by atoms with E-state index in [9.17, 15) is 4.79 Å². The summed E-state index contributed by atoms with van der Waals surface area (Å²) < 4.78 is 12.6. The highest BCUT2D eigenvalue weighted by atomic mass is 16.5. The maximum absolute atomic E-state index is 11.9.